The molecule has 1 N–H and O–H groups in total. The van der Waals surface area contributed by atoms with Gasteiger partial charge in [0.1, 0.15) is 30.4 Å². The van der Waals surface area contributed by atoms with Gasteiger partial charge in [-0.3, -0.25) is 9.69 Å². The molecule has 1 atom stereocenters. The highest BCUT2D eigenvalue weighted by atomic mass is 19.2. The van der Waals surface area contributed by atoms with Crippen LogP contribution >= 0.6 is 0 Å². The Bertz CT molecular complexity index is 1340. The maximum Gasteiger partial charge on any atom is 0.248 e. The molecule has 0 saturated carbocycles. The number of halogens is 2. The summed E-state index contributed by atoms with van der Waals surface area (Å²) in [6.07, 6.45) is 4.49. The average molecular weight is 589 g/mol. The fourth-order valence-corrected chi connectivity index (χ4v) is 4.93. The molecule has 0 bridgehead atoms. The van der Waals surface area contributed by atoms with Crippen molar-refractivity contribution in [1.82, 2.24) is 19.4 Å². The van der Waals surface area contributed by atoms with Gasteiger partial charge in [0.05, 0.1) is 20.3 Å². The minimum absolute atomic E-state index is 0.0112. The average Bonchev–Trinajstić information content (AvgIpc) is 3.30. The topological polar surface area (TPSA) is 98.5 Å². The Morgan fingerprint density at radius 1 is 1.05 bits per heavy atom. The second-order valence-electron chi connectivity index (χ2n) is 10.4. The van der Waals surface area contributed by atoms with Crippen LogP contribution in [0, 0.1) is 18.6 Å². The molecule has 0 aliphatic carbocycles. The number of hydrogen-bond donors (Lipinski definition) is 1. The number of aliphatic hydroxyl groups is 1. The molecule has 2 aromatic carbocycles. The molecule has 228 valence electrons. The van der Waals surface area contributed by atoms with Gasteiger partial charge in [0.25, 0.3) is 0 Å². The van der Waals surface area contributed by atoms with Crippen LogP contribution in [0.1, 0.15) is 17.8 Å². The molecular weight excluding hydrogens is 550 g/mol. The van der Waals surface area contributed by atoms with E-state index in [9.17, 15) is 18.7 Å². The Hall–Kier alpha value is -3.74. The Morgan fingerprint density at radius 2 is 1.88 bits per heavy atom. The van der Waals surface area contributed by atoms with Gasteiger partial charge >= 0.3 is 0 Å². The summed E-state index contributed by atoms with van der Waals surface area (Å²) in [6, 6.07) is 8.86. The number of aryl methyl sites for hydroxylation is 2. The molecule has 42 heavy (non-hydrogen) atoms. The number of carbonyl (C=O) groups excluding carboxylic acids is 1. The first-order valence-electron chi connectivity index (χ1n) is 13.8. The SMILES string of the molecule is COCC(=O)N1CCN(Cc2ccc(OC)c(OCCCn3ccnc3C)c2)C[C@](O)(COc2ccc(F)c(F)c2)C1. The van der Waals surface area contributed by atoms with Crippen LogP contribution in [0.3, 0.4) is 0 Å². The van der Waals surface area contributed by atoms with Crippen molar-refractivity contribution in [1.29, 1.82) is 0 Å². The third-order valence-corrected chi connectivity index (χ3v) is 7.07. The molecule has 4 rings (SSSR count). The largest absolute Gasteiger partial charge is 0.493 e. The summed E-state index contributed by atoms with van der Waals surface area (Å²) in [4.78, 5) is 20.5. The van der Waals surface area contributed by atoms with Gasteiger partial charge in [-0.25, -0.2) is 13.8 Å². The summed E-state index contributed by atoms with van der Waals surface area (Å²) in [5.41, 5.74) is -0.570. The zero-order valence-corrected chi connectivity index (χ0v) is 24.2. The van der Waals surface area contributed by atoms with Crippen molar-refractivity contribution < 1.29 is 37.6 Å². The van der Waals surface area contributed by atoms with Crippen LogP contribution in [-0.4, -0.2) is 96.2 Å². The Kier molecular flexibility index (Phi) is 10.7. The maximum atomic E-state index is 13.7. The van der Waals surface area contributed by atoms with E-state index in [4.69, 9.17) is 18.9 Å². The summed E-state index contributed by atoms with van der Waals surface area (Å²) in [5, 5.41) is 11.6. The molecule has 1 aliphatic rings. The molecule has 2 heterocycles. The lowest BCUT2D eigenvalue weighted by Crippen LogP contribution is -2.52. The van der Waals surface area contributed by atoms with E-state index in [2.05, 4.69) is 9.55 Å². The molecular formula is C30H38F2N4O6. The molecule has 10 nitrogen and oxygen atoms in total. The van der Waals surface area contributed by atoms with Crippen molar-refractivity contribution in [3.8, 4) is 17.2 Å². The van der Waals surface area contributed by atoms with Gasteiger partial charge in [-0.2, -0.15) is 0 Å². The van der Waals surface area contributed by atoms with Gasteiger partial charge in [0, 0.05) is 58.3 Å². The Balaban J connectivity index is 1.44. The zero-order valence-electron chi connectivity index (χ0n) is 24.2. The Morgan fingerprint density at radius 3 is 2.60 bits per heavy atom. The lowest BCUT2D eigenvalue weighted by Gasteiger charge is -2.33. The van der Waals surface area contributed by atoms with Gasteiger partial charge < -0.3 is 33.5 Å². The molecule has 3 aromatic rings. The number of hydrogen-bond acceptors (Lipinski definition) is 8. The summed E-state index contributed by atoms with van der Waals surface area (Å²) < 4.78 is 51.4. The van der Waals surface area contributed by atoms with Crippen LogP contribution in [0.15, 0.2) is 48.8 Å². The summed E-state index contributed by atoms with van der Waals surface area (Å²) in [5.74, 6) is -0.0565. The van der Waals surface area contributed by atoms with E-state index in [1.807, 2.05) is 36.2 Å². The number of β-amino-alcohol motifs (C(OH)–C–C–N with tert-alkyl or cyclic N) is 1. The van der Waals surface area contributed by atoms with Gasteiger partial charge in [-0.15, -0.1) is 0 Å². The monoisotopic (exact) mass is 588 g/mol. The van der Waals surface area contributed by atoms with E-state index < -0.39 is 17.2 Å². The van der Waals surface area contributed by atoms with E-state index >= 15 is 0 Å². The summed E-state index contributed by atoms with van der Waals surface area (Å²) in [7, 11) is 3.02. The second-order valence-corrected chi connectivity index (χ2v) is 10.4. The standard InChI is InChI=1S/C30H38F2N4O6/c1-22-33-9-11-35(22)10-4-14-41-28-15-23(5-8-27(28)40-3)17-34-12-13-36(29(37)18-39-2)20-30(38,19-34)21-42-24-6-7-25(31)26(32)16-24/h5-9,11,15-16,38H,4,10,12-14,17-21H2,1-3H3/t30-/m1/s1. The molecule has 1 aromatic heterocycles. The first-order chi connectivity index (χ1) is 20.2. The van der Waals surface area contributed by atoms with E-state index in [0.717, 1.165) is 36.5 Å². The smallest absolute Gasteiger partial charge is 0.248 e. The number of carbonyl (C=O) groups is 1. The maximum absolute atomic E-state index is 13.7. The van der Waals surface area contributed by atoms with E-state index in [0.29, 0.717) is 37.7 Å². The Labute approximate surface area is 244 Å². The number of rotatable bonds is 13. The molecule has 1 fully saturated rings. The van der Waals surface area contributed by atoms with E-state index in [-0.39, 0.29) is 38.0 Å². The van der Waals surface area contributed by atoms with Crippen molar-refractivity contribution in [3.63, 3.8) is 0 Å². The number of imidazole rings is 1. The number of methoxy groups -OCH3 is 2. The number of benzene rings is 2. The third-order valence-electron chi connectivity index (χ3n) is 7.07. The minimum Gasteiger partial charge on any atom is -0.493 e. The van der Waals surface area contributed by atoms with Gasteiger partial charge in [0.2, 0.25) is 5.91 Å². The van der Waals surface area contributed by atoms with Crippen molar-refractivity contribution in [2.24, 2.45) is 0 Å². The number of amides is 1. The molecule has 12 heteroatoms. The van der Waals surface area contributed by atoms with Crippen LogP contribution in [-0.2, 0) is 22.6 Å². The fraction of sp³-hybridized carbons (Fsp3) is 0.467. The quantitative estimate of drug-likeness (QED) is 0.305. The van der Waals surface area contributed by atoms with E-state index in [1.165, 1.54) is 18.1 Å². The second kappa shape index (κ2) is 14.4. The summed E-state index contributed by atoms with van der Waals surface area (Å²) >= 11 is 0. The number of aromatic nitrogens is 2. The van der Waals surface area contributed by atoms with Crippen molar-refractivity contribution in [2.75, 3.05) is 60.2 Å². The van der Waals surface area contributed by atoms with Crippen LogP contribution in [0.4, 0.5) is 8.78 Å². The highest BCUT2D eigenvalue weighted by molar-refractivity contribution is 5.77. The number of nitrogens with zero attached hydrogens (tertiary/aromatic N) is 4. The van der Waals surface area contributed by atoms with Gasteiger partial charge in [-0.1, -0.05) is 6.07 Å². The highest BCUT2D eigenvalue weighted by Crippen LogP contribution is 2.29. The number of ether oxygens (including phenoxy) is 4. The van der Waals surface area contributed by atoms with Gasteiger partial charge in [-0.05, 0) is 43.2 Å². The third kappa shape index (κ3) is 8.40. The van der Waals surface area contributed by atoms with Crippen LogP contribution in [0.2, 0.25) is 0 Å². The van der Waals surface area contributed by atoms with Crippen LogP contribution in [0.5, 0.6) is 17.2 Å². The lowest BCUT2D eigenvalue weighted by molar-refractivity contribution is -0.138. The van der Waals surface area contributed by atoms with E-state index in [1.54, 1.807) is 13.3 Å². The predicted molar refractivity (Wildman–Crippen MR) is 151 cm³/mol. The summed E-state index contributed by atoms with van der Waals surface area (Å²) in [6.45, 7) is 4.32. The minimum atomic E-state index is -1.50. The fourth-order valence-electron chi connectivity index (χ4n) is 4.93. The van der Waals surface area contributed by atoms with Crippen molar-refractivity contribution in [2.45, 2.75) is 32.0 Å². The molecule has 1 saturated heterocycles. The first-order valence-corrected chi connectivity index (χ1v) is 13.8. The molecule has 1 aliphatic heterocycles. The van der Waals surface area contributed by atoms with Crippen molar-refractivity contribution in [3.05, 3.63) is 71.8 Å². The molecule has 1 amide bonds. The van der Waals surface area contributed by atoms with Gasteiger partial charge in [0.15, 0.2) is 23.1 Å². The molecule has 0 spiro atoms. The normalized spacial score (nSPS) is 17.6. The first kappa shape index (κ1) is 31.2. The zero-order chi connectivity index (χ0) is 30.1. The lowest BCUT2D eigenvalue weighted by atomic mass is 10.0. The molecule has 0 unspecified atom stereocenters. The predicted octanol–water partition coefficient (Wildman–Crippen LogP) is 3.05. The van der Waals surface area contributed by atoms with Crippen LogP contribution in [0.25, 0.3) is 0 Å². The van der Waals surface area contributed by atoms with Crippen LogP contribution < -0.4 is 14.2 Å². The molecule has 0 radical (unpaired) electrons. The highest BCUT2D eigenvalue weighted by Gasteiger charge is 2.37. The van der Waals surface area contributed by atoms with Crippen molar-refractivity contribution >= 4 is 5.91 Å².